The lowest BCUT2D eigenvalue weighted by Crippen LogP contribution is -2.23. The van der Waals surface area contributed by atoms with Crippen molar-refractivity contribution in [1.29, 1.82) is 5.26 Å². The molecule has 0 aromatic heterocycles. The normalized spacial score (nSPS) is 27.5. The molecule has 2 unspecified atom stereocenters. The van der Waals surface area contributed by atoms with Gasteiger partial charge in [-0.2, -0.15) is 5.26 Å². The van der Waals surface area contributed by atoms with Gasteiger partial charge in [0.15, 0.2) is 0 Å². The topological polar surface area (TPSA) is 66.9 Å². The van der Waals surface area contributed by atoms with Gasteiger partial charge in [-0.15, -0.1) is 0 Å². The Hall–Kier alpha value is -1.30. The Balaban J connectivity index is 2.58. The van der Waals surface area contributed by atoms with Crippen molar-refractivity contribution in [3.8, 4) is 6.07 Å². The van der Waals surface area contributed by atoms with Crippen LogP contribution in [0.5, 0.6) is 0 Å². The SMILES string of the molecule is CC1CC(C#N)=CCC1CC(N)=O. The molecule has 2 N–H and O–H groups in total. The van der Waals surface area contributed by atoms with Crippen LogP contribution in [0, 0.1) is 23.2 Å². The van der Waals surface area contributed by atoms with Crippen LogP contribution in [0.25, 0.3) is 0 Å². The number of hydrogen-bond acceptors (Lipinski definition) is 2. The molecule has 0 spiro atoms. The van der Waals surface area contributed by atoms with E-state index in [0.29, 0.717) is 18.3 Å². The molecular weight excluding hydrogens is 164 g/mol. The van der Waals surface area contributed by atoms with Gasteiger partial charge in [-0.3, -0.25) is 4.79 Å². The molecule has 70 valence electrons. The lowest BCUT2D eigenvalue weighted by atomic mass is 9.79. The first kappa shape index (κ1) is 9.79. The van der Waals surface area contributed by atoms with Crippen LogP contribution in [0.1, 0.15) is 26.2 Å². The number of hydrogen-bond donors (Lipinski definition) is 1. The highest BCUT2D eigenvalue weighted by Crippen LogP contribution is 2.30. The van der Waals surface area contributed by atoms with E-state index in [4.69, 9.17) is 11.0 Å². The Morgan fingerprint density at radius 2 is 2.54 bits per heavy atom. The van der Waals surface area contributed by atoms with E-state index in [1.165, 1.54) is 0 Å². The van der Waals surface area contributed by atoms with Gasteiger partial charge in [0, 0.05) is 12.0 Å². The van der Waals surface area contributed by atoms with E-state index < -0.39 is 0 Å². The maximum absolute atomic E-state index is 10.7. The summed E-state index contributed by atoms with van der Waals surface area (Å²) in [4.78, 5) is 10.7. The fourth-order valence-electron chi connectivity index (χ4n) is 1.76. The first-order chi connectivity index (χ1) is 6.13. The highest BCUT2D eigenvalue weighted by atomic mass is 16.1. The number of primary amides is 1. The first-order valence-electron chi connectivity index (χ1n) is 4.51. The Morgan fingerprint density at radius 1 is 1.85 bits per heavy atom. The zero-order valence-corrected chi connectivity index (χ0v) is 7.79. The van der Waals surface area contributed by atoms with Crippen LogP contribution in [0.3, 0.4) is 0 Å². The largest absolute Gasteiger partial charge is 0.370 e. The van der Waals surface area contributed by atoms with Gasteiger partial charge in [-0.25, -0.2) is 0 Å². The van der Waals surface area contributed by atoms with E-state index in [1.807, 2.05) is 6.08 Å². The predicted octanol–water partition coefficient (Wildman–Crippen LogP) is 1.36. The van der Waals surface area contributed by atoms with Crippen LogP contribution in [-0.2, 0) is 4.79 Å². The second-order valence-corrected chi connectivity index (χ2v) is 3.69. The van der Waals surface area contributed by atoms with Crippen molar-refractivity contribution in [1.82, 2.24) is 0 Å². The van der Waals surface area contributed by atoms with Crippen molar-refractivity contribution in [2.45, 2.75) is 26.2 Å². The Labute approximate surface area is 78.2 Å². The fraction of sp³-hybridized carbons (Fsp3) is 0.600. The van der Waals surface area contributed by atoms with Crippen LogP contribution in [0.2, 0.25) is 0 Å². The number of amides is 1. The van der Waals surface area contributed by atoms with Crippen LogP contribution in [0.15, 0.2) is 11.6 Å². The molecule has 0 radical (unpaired) electrons. The van der Waals surface area contributed by atoms with Gasteiger partial charge in [0.05, 0.1) is 6.07 Å². The lowest BCUT2D eigenvalue weighted by molar-refractivity contribution is -0.119. The summed E-state index contributed by atoms with van der Waals surface area (Å²) >= 11 is 0. The van der Waals surface area contributed by atoms with Gasteiger partial charge in [-0.05, 0) is 24.7 Å². The summed E-state index contributed by atoms with van der Waals surface area (Å²) in [5, 5.41) is 8.67. The molecule has 0 heterocycles. The maximum atomic E-state index is 10.7. The molecule has 1 amide bonds. The Bertz CT molecular complexity index is 275. The van der Waals surface area contributed by atoms with Crippen LogP contribution in [-0.4, -0.2) is 5.91 Å². The van der Waals surface area contributed by atoms with Gasteiger partial charge >= 0.3 is 0 Å². The molecule has 3 heteroatoms. The summed E-state index contributed by atoms with van der Waals surface area (Å²) in [6.07, 6.45) is 3.96. The summed E-state index contributed by atoms with van der Waals surface area (Å²) in [5.74, 6) is 0.479. The lowest BCUT2D eigenvalue weighted by Gasteiger charge is -2.25. The van der Waals surface area contributed by atoms with E-state index in [0.717, 1.165) is 18.4 Å². The summed E-state index contributed by atoms with van der Waals surface area (Å²) in [7, 11) is 0. The Kier molecular flexibility index (Phi) is 3.07. The number of nitrogens with zero attached hydrogens (tertiary/aromatic N) is 1. The molecule has 0 aliphatic heterocycles. The molecule has 1 aliphatic rings. The third-order valence-electron chi connectivity index (χ3n) is 2.62. The summed E-state index contributed by atoms with van der Waals surface area (Å²) in [5.41, 5.74) is 5.97. The van der Waals surface area contributed by atoms with Gasteiger partial charge < -0.3 is 5.73 Å². The summed E-state index contributed by atoms with van der Waals surface area (Å²) in [6, 6.07) is 2.15. The molecule has 1 aliphatic carbocycles. The van der Waals surface area contributed by atoms with E-state index in [2.05, 4.69) is 13.0 Å². The van der Waals surface area contributed by atoms with Crippen molar-refractivity contribution in [2.75, 3.05) is 0 Å². The Morgan fingerprint density at radius 3 is 3.00 bits per heavy atom. The monoisotopic (exact) mass is 178 g/mol. The molecule has 0 aromatic carbocycles. The molecule has 0 fully saturated rings. The second kappa shape index (κ2) is 4.08. The van der Waals surface area contributed by atoms with E-state index in [9.17, 15) is 4.79 Å². The van der Waals surface area contributed by atoms with E-state index in [1.54, 1.807) is 0 Å². The molecule has 3 nitrogen and oxygen atoms in total. The molecule has 0 saturated carbocycles. The zero-order chi connectivity index (χ0) is 9.84. The number of allylic oxidation sites excluding steroid dienone is 2. The highest BCUT2D eigenvalue weighted by molar-refractivity contribution is 5.74. The summed E-state index contributed by atoms with van der Waals surface area (Å²) in [6.45, 7) is 2.07. The van der Waals surface area contributed by atoms with Crippen LogP contribution < -0.4 is 5.73 Å². The molecule has 0 saturated heterocycles. The van der Waals surface area contributed by atoms with Gasteiger partial charge in [-0.1, -0.05) is 13.0 Å². The highest BCUT2D eigenvalue weighted by Gasteiger charge is 2.23. The van der Waals surface area contributed by atoms with Gasteiger partial charge in [0.2, 0.25) is 5.91 Å². The zero-order valence-electron chi connectivity index (χ0n) is 7.79. The minimum Gasteiger partial charge on any atom is -0.370 e. The first-order valence-corrected chi connectivity index (χ1v) is 4.51. The standard InChI is InChI=1S/C10H14N2O/c1-7-4-8(6-11)2-3-9(7)5-10(12)13/h2,7,9H,3-5H2,1H3,(H2,12,13). The van der Waals surface area contributed by atoms with Crippen molar-refractivity contribution in [3.05, 3.63) is 11.6 Å². The molecule has 2 atom stereocenters. The molecule has 13 heavy (non-hydrogen) atoms. The third kappa shape index (κ3) is 2.59. The average molecular weight is 178 g/mol. The smallest absolute Gasteiger partial charge is 0.217 e. The van der Waals surface area contributed by atoms with Crippen LogP contribution in [0.4, 0.5) is 0 Å². The number of nitriles is 1. The molecular formula is C10H14N2O. The van der Waals surface area contributed by atoms with Gasteiger partial charge in [0.1, 0.15) is 0 Å². The van der Waals surface area contributed by atoms with Crippen molar-refractivity contribution < 1.29 is 4.79 Å². The fourth-order valence-corrected chi connectivity index (χ4v) is 1.76. The molecule has 0 aromatic rings. The van der Waals surface area contributed by atoms with Crippen molar-refractivity contribution in [2.24, 2.45) is 17.6 Å². The number of carbonyl (C=O) groups is 1. The van der Waals surface area contributed by atoms with Crippen molar-refractivity contribution >= 4 is 5.91 Å². The average Bonchev–Trinajstić information content (AvgIpc) is 2.08. The predicted molar refractivity (Wildman–Crippen MR) is 49.4 cm³/mol. The number of nitrogens with two attached hydrogens (primary N) is 1. The second-order valence-electron chi connectivity index (χ2n) is 3.69. The van der Waals surface area contributed by atoms with Crippen LogP contribution >= 0.6 is 0 Å². The minimum atomic E-state index is -0.245. The minimum absolute atomic E-state index is 0.245. The molecule has 1 rings (SSSR count). The van der Waals surface area contributed by atoms with Gasteiger partial charge in [0.25, 0.3) is 0 Å². The summed E-state index contributed by atoms with van der Waals surface area (Å²) < 4.78 is 0. The van der Waals surface area contributed by atoms with Crippen molar-refractivity contribution in [3.63, 3.8) is 0 Å². The molecule has 0 bridgehead atoms. The number of rotatable bonds is 2. The third-order valence-corrected chi connectivity index (χ3v) is 2.62. The number of carbonyl (C=O) groups excluding carboxylic acids is 1. The maximum Gasteiger partial charge on any atom is 0.217 e. The van der Waals surface area contributed by atoms with E-state index >= 15 is 0 Å². The quantitative estimate of drug-likeness (QED) is 0.693. The van der Waals surface area contributed by atoms with E-state index in [-0.39, 0.29) is 5.91 Å².